The van der Waals surface area contributed by atoms with Crippen molar-refractivity contribution in [2.75, 3.05) is 32.7 Å². The zero-order valence-electron chi connectivity index (χ0n) is 17.4. The molecule has 0 amide bonds. The van der Waals surface area contributed by atoms with Gasteiger partial charge in [0.1, 0.15) is 0 Å². The van der Waals surface area contributed by atoms with Gasteiger partial charge in [-0.25, -0.2) is 0 Å². The van der Waals surface area contributed by atoms with Crippen molar-refractivity contribution in [3.63, 3.8) is 0 Å². The van der Waals surface area contributed by atoms with Crippen LogP contribution in [0.3, 0.4) is 0 Å². The monoisotopic (exact) mass is 409 g/mol. The van der Waals surface area contributed by atoms with Crippen LogP contribution in [-0.2, 0) is 0 Å². The summed E-state index contributed by atoms with van der Waals surface area (Å²) in [6.45, 7) is 4.89. The first kappa shape index (κ1) is 21.0. The van der Waals surface area contributed by atoms with Crippen LogP contribution >= 0.6 is 0 Å². The Morgan fingerprint density at radius 1 is 1.03 bits per heavy atom. The van der Waals surface area contributed by atoms with Crippen LogP contribution in [0.1, 0.15) is 43.6 Å². The predicted octanol–water partition coefficient (Wildman–Crippen LogP) is 3.95. The van der Waals surface area contributed by atoms with Gasteiger partial charge in [0.2, 0.25) is 0 Å². The average molecular weight is 410 g/mol. The molecular formula is C24H31N3O3. The number of hydrogen-bond acceptors (Lipinski definition) is 5. The summed E-state index contributed by atoms with van der Waals surface area (Å²) in [6.07, 6.45) is 5.09. The van der Waals surface area contributed by atoms with Crippen LogP contribution in [0, 0.1) is 10.1 Å². The van der Waals surface area contributed by atoms with Gasteiger partial charge in [0.15, 0.2) is 0 Å². The number of rotatable bonds is 6. The Morgan fingerprint density at radius 3 is 2.40 bits per heavy atom. The third-order valence-electron chi connectivity index (χ3n) is 6.72. The number of aliphatic hydroxyl groups is 1. The minimum Gasteiger partial charge on any atom is -0.389 e. The van der Waals surface area contributed by atoms with Gasteiger partial charge in [0, 0.05) is 50.8 Å². The van der Waals surface area contributed by atoms with Gasteiger partial charge in [-0.15, -0.1) is 0 Å². The maximum Gasteiger partial charge on any atom is 0.270 e. The molecule has 2 fully saturated rings. The fraction of sp³-hybridized carbons (Fsp3) is 0.500. The molecule has 1 unspecified atom stereocenters. The van der Waals surface area contributed by atoms with Crippen LogP contribution in [0.15, 0.2) is 48.5 Å². The highest BCUT2D eigenvalue weighted by Gasteiger charge is 2.39. The number of nitro benzene ring substituents is 1. The van der Waals surface area contributed by atoms with Gasteiger partial charge in [-0.2, -0.15) is 0 Å². The van der Waals surface area contributed by atoms with Gasteiger partial charge in [-0.05, 0) is 29.5 Å². The first-order valence-corrected chi connectivity index (χ1v) is 11.1. The molecule has 1 heterocycles. The van der Waals surface area contributed by atoms with E-state index in [0.717, 1.165) is 75.1 Å². The summed E-state index contributed by atoms with van der Waals surface area (Å²) < 4.78 is 0. The summed E-state index contributed by atoms with van der Waals surface area (Å²) in [7, 11) is 0. The second kappa shape index (κ2) is 9.25. The van der Waals surface area contributed by atoms with E-state index in [-0.39, 0.29) is 16.5 Å². The molecule has 2 N–H and O–H groups in total. The Bertz CT molecular complexity index is 856. The van der Waals surface area contributed by atoms with Crippen molar-refractivity contribution >= 4 is 5.69 Å². The Balaban J connectivity index is 1.60. The van der Waals surface area contributed by atoms with Gasteiger partial charge < -0.3 is 15.3 Å². The lowest BCUT2D eigenvalue weighted by Gasteiger charge is -2.42. The molecule has 1 aliphatic heterocycles. The van der Waals surface area contributed by atoms with Crippen molar-refractivity contribution < 1.29 is 10.0 Å². The summed E-state index contributed by atoms with van der Waals surface area (Å²) in [4.78, 5) is 13.2. The lowest BCUT2D eigenvalue weighted by Crippen LogP contribution is -2.49. The molecular weight excluding hydrogens is 378 g/mol. The molecule has 0 radical (unpaired) electrons. The number of nitrogens with one attached hydrogen (secondary N) is 1. The SMILES string of the molecule is O=[N+]([O-])c1cccc(-c2ccc(C(CN3CCNCC3)C3(O)CCCCC3)cc2)c1. The number of nitrogens with zero attached hydrogens (tertiary/aromatic N) is 2. The summed E-state index contributed by atoms with van der Waals surface area (Å²) in [5.74, 6) is 0.0788. The van der Waals surface area contributed by atoms with Crippen LogP contribution in [-0.4, -0.2) is 53.3 Å². The van der Waals surface area contributed by atoms with Crippen molar-refractivity contribution in [2.24, 2.45) is 0 Å². The van der Waals surface area contributed by atoms with E-state index in [0.29, 0.717) is 0 Å². The van der Waals surface area contributed by atoms with E-state index < -0.39 is 5.60 Å². The van der Waals surface area contributed by atoms with Gasteiger partial charge in [-0.3, -0.25) is 10.1 Å². The second-order valence-electron chi connectivity index (χ2n) is 8.70. The van der Waals surface area contributed by atoms with Crippen molar-refractivity contribution in [3.05, 3.63) is 64.2 Å². The average Bonchev–Trinajstić information content (AvgIpc) is 2.79. The smallest absolute Gasteiger partial charge is 0.270 e. The Kier molecular flexibility index (Phi) is 6.46. The molecule has 30 heavy (non-hydrogen) atoms. The molecule has 6 nitrogen and oxygen atoms in total. The van der Waals surface area contributed by atoms with Gasteiger partial charge in [0.25, 0.3) is 5.69 Å². The number of benzene rings is 2. The van der Waals surface area contributed by atoms with E-state index in [2.05, 4.69) is 22.3 Å². The van der Waals surface area contributed by atoms with Crippen LogP contribution in [0.4, 0.5) is 5.69 Å². The fourth-order valence-electron chi connectivity index (χ4n) is 4.96. The summed E-state index contributed by atoms with van der Waals surface area (Å²) in [5.41, 5.74) is 2.40. The molecule has 160 valence electrons. The predicted molar refractivity (Wildman–Crippen MR) is 119 cm³/mol. The van der Waals surface area contributed by atoms with E-state index >= 15 is 0 Å². The maximum atomic E-state index is 11.6. The Hall–Kier alpha value is -2.28. The Morgan fingerprint density at radius 2 is 1.73 bits per heavy atom. The van der Waals surface area contributed by atoms with E-state index in [1.54, 1.807) is 12.1 Å². The van der Waals surface area contributed by atoms with Crippen LogP contribution < -0.4 is 5.32 Å². The zero-order valence-corrected chi connectivity index (χ0v) is 17.4. The molecule has 1 saturated heterocycles. The molecule has 2 aromatic rings. The summed E-state index contributed by atoms with van der Waals surface area (Å²) in [6, 6.07) is 15.0. The van der Waals surface area contributed by atoms with E-state index in [4.69, 9.17) is 0 Å². The third kappa shape index (κ3) is 4.72. The Labute approximate surface area is 178 Å². The van der Waals surface area contributed by atoms with Gasteiger partial charge >= 0.3 is 0 Å². The van der Waals surface area contributed by atoms with Crippen molar-refractivity contribution in [1.29, 1.82) is 0 Å². The lowest BCUT2D eigenvalue weighted by molar-refractivity contribution is -0.384. The fourth-order valence-corrected chi connectivity index (χ4v) is 4.96. The normalized spacial score (nSPS) is 20.6. The standard InChI is InChI=1S/C24H31N3O3/c28-24(11-2-1-3-12-24)23(18-26-15-13-25-14-16-26)20-9-7-19(8-10-20)21-5-4-6-22(17-21)27(29)30/h4-10,17,23,25,28H,1-3,11-16,18H2. The largest absolute Gasteiger partial charge is 0.389 e. The zero-order chi connectivity index (χ0) is 21.0. The van der Waals surface area contributed by atoms with E-state index in [1.165, 1.54) is 12.5 Å². The molecule has 2 aromatic carbocycles. The minimum absolute atomic E-state index is 0.0788. The molecule has 0 bridgehead atoms. The van der Waals surface area contributed by atoms with Gasteiger partial charge in [-0.1, -0.05) is 55.7 Å². The van der Waals surface area contributed by atoms with E-state index in [9.17, 15) is 15.2 Å². The third-order valence-corrected chi connectivity index (χ3v) is 6.72. The van der Waals surface area contributed by atoms with Crippen LogP contribution in [0.2, 0.25) is 0 Å². The molecule has 1 atom stereocenters. The number of hydrogen-bond donors (Lipinski definition) is 2. The second-order valence-corrected chi connectivity index (χ2v) is 8.70. The summed E-state index contributed by atoms with van der Waals surface area (Å²) in [5, 5.41) is 26.1. The molecule has 2 aliphatic rings. The minimum atomic E-state index is -0.657. The quantitative estimate of drug-likeness (QED) is 0.558. The number of piperazine rings is 1. The highest BCUT2D eigenvalue weighted by Crippen LogP contribution is 2.41. The van der Waals surface area contributed by atoms with Crippen molar-refractivity contribution in [2.45, 2.75) is 43.6 Å². The maximum absolute atomic E-state index is 11.6. The van der Waals surface area contributed by atoms with Gasteiger partial charge in [0.05, 0.1) is 10.5 Å². The summed E-state index contributed by atoms with van der Waals surface area (Å²) >= 11 is 0. The van der Waals surface area contributed by atoms with E-state index in [1.807, 2.05) is 18.2 Å². The highest BCUT2D eigenvalue weighted by atomic mass is 16.6. The van der Waals surface area contributed by atoms with Crippen molar-refractivity contribution in [1.82, 2.24) is 10.2 Å². The molecule has 0 aromatic heterocycles. The lowest BCUT2D eigenvalue weighted by atomic mass is 9.72. The van der Waals surface area contributed by atoms with Crippen LogP contribution in [0.25, 0.3) is 11.1 Å². The molecule has 0 spiro atoms. The first-order valence-electron chi connectivity index (χ1n) is 11.1. The molecule has 4 rings (SSSR count). The molecule has 1 saturated carbocycles. The number of nitro groups is 1. The first-order chi connectivity index (χ1) is 14.5. The molecule has 6 heteroatoms. The topological polar surface area (TPSA) is 78.6 Å². The number of non-ortho nitro benzene ring substituents is 1. The van der Waals surface area contributed by atoms with Crippen molar-refractivity contribution in [3.8, 4) is 11.1 Å². The van der Waals surface area contributed by atoms with Crippen LogP contribution in [0.5, 0.6) is 0 Å². The highest BCUT2D eigenvalue weighted by molar-refractivity contribution is 5.66. The molecule has 1 aliphatic carbocycles.